The van der Waals surface area contributed by atoms with Crippen LogP contribution in [0, 0.1) is 11.8 Å². The van der Waals surface area contributed by atoms with E-state index < -0.39 is 24.1 Å². The van der Waals surface area contributed by atoms with Crippen molar-refractivity contribution >= 4 is 5.97 Å². The van der Waals surface area contributed by atoms with E-state index in [4.69, 9.17) is 10.5 Å². The molecule has 0 bridgehead atoms. The van der Waals surface area contributed by atoms with E-state index in [-0.39, 0.29) is 18.9 Å². The molecule has 2 atom stereocenters. The summed E-state index contributed by atoms with van der Waals surface area (Å²) in [5.41, 5.74) is 5.90. The van der Waals surface area contributed by atoms with Gasteiger partial charge in [0.05, 0.1) is 5.92 Å². The number of hydrogen-bond donors (Lipinski definition) is 1. The molecule has 1 aromatic carbocycles. The minimum atomic E-state index is -4.62. The van der Waals surface area contributed by atoms with Gasteiger partial charge in [-0.1, -0.05) is 44.2 Å². The topological polar surface area (TPSA) is 52.3 Å². The van der Waals surface area contributed by atoms with Gasteiger partial charge in [0.25, 0.3) is 0 Å². The highest BCUT2D eigenvalue weighted by Crippen LogP contribution is 2.28. The lowest BCUT2D eigenvalue weighted by Crippen LogP contribution is -2.47. The van der Waals surface area contributed by atoms with E-state index in [1.54, 1.807) is 44.2 Å². The molecule has 0 fully saturated rings. The Morgan fingerprint density at radius 3 is 2.29 bits per heavy atom. The second kappa shape index (κ2) is 7.45. The molecular weight excluding hydrogens is 283 g/mol. The number of ether oxygens (including phenoxy) is 1. The summed E-state index contributed by atoms with van der Waals surface area (Å²) in [5, 5.41) is 0. The largest absolute Gasteiger partial charge is 0.461 e. The van der Waals surface area contributed by atoms with E-state index in [1.807, 2.05) is 0 Å². The smallest absolute Gasteiger partial charge is 0.404 e. The van der Waals surface area contributed by atoms with Gasteiger partial charge in [0, 0.05) is 0 Å². The van der Waals surface area contributed by atoms with E-state index in [9.17, 15) is 18.0 Å². The Morgan fingerprint density at radius 2 is 1.81 bits per heavy atom. The van der Waals surface area contributed by atoms with Crippen molar-refractivity contribution in [3.63, 3.8) is 0 Å². The van der Waals surface area contributed by atoms with Crippen LogP contribution in [0.5, 0.6) is 0 Å². The fourth-order valence-corrected chi connectivity index (χ4v) is 1.96. The Hall–Kier alpha value is -1.56. The quantitative estimate of drug-likeness (QED) is 0.821. The lowest BCUT2D eigenvalue weighted by Gasteiger charge is -2.25. The number of nitrogens with two attached hydrogens (primary N) is 1. The van der Waals surface area contributed by atoms with Gasteiger partial charge >= 0.3 is 12.1 Å². The Labute approximate surface area is 122 Å². The summed E-state index contributed by atoms with van der Waals surface area (Å²) >= 11 is 0. The summed E-state index contributed by atoms with van der Waals surface area (Å²) in [6.45, 7) is 3.42. The molecule has 3 nitrogen and oxygen atoms in total. The van der Waals surface area contributed by atoms with E-state index in [2.05, 4.69) is 0 Å². The Kier molecular flexibility index (Phi) is 6.20. The number of benzene rings is 1. The number of hydrogen-bond acceptors (Lipinski definition) is 3. The van der Waals surface area contributed by atoms with Gasteiger partial charge < -0.3 is 10.5 Å². The first-order valence-electron chi connectivity index (χ1n) is 6.74. The van der Waals surface area contributed by atoms with E-state index in [0.717, 1.165) is 5.56 Å². The van der Waals surface area contributed by atoms with Gasteiger partial charge in [-0.15, -0.1) is 0 Å². The number of rotatable bonds is 6. The maximum Gasteiger partial charge on any atom is 0.404 e. The van der Waals surface area contributed by atoms with E-state index in [1.165, 1.54) is 0 Å². The average molecular weight is 303 g/mol. The predicted molar refractivity (Wildman–Crippen MR) is 73.2 cm³/mol. The van der Waals surface area contributed by atoms with Crippen LogP contribution in [-0.4, -0.2) is 18.2 Å². The number of esters is 1. The van der Waals surface area contributed by atoms with Gasteiger partial charge in [0.1, 0.15) is 12.6 Å². The fourth-order valence-electron chi connectivity index (χ4n) is 1.96. The fraction of sp³-hybridized carbons (Fsp3) is 0.533. The predicted octanol–water partition coefficient (Wildman–Crippen LogP) is 3.28. The minimum absolute atomic E-state index is 0.0360. The normalized spacial score (nSPS) is 14.8. The SMILES string of the molecule is CC(C)C[C@H](C(=O)OCc1ccccc1)[C@H](N)C(F)(F)F. The van der Waals surface area contributed by atoms with Crippen molar-refractivity contribution in [2.24, 2.45) is 17.6 Å². The van der Waals surface area contributed by atoms with Crippen LogP contribution in [0.4, 0.5) is 13.2 Å². The van der Waals surface area contributed by atoms with Crippen LogP contribution in [-0.2, 0) is 16.1 Å². The molecule has 6 heteroatoms. The van der Waals surface area contributed by atoms with Crippen molar-refractivity contribution in [2.45, 2.75) is 39.1 Å². The van der Waals surface area contributed by atoms with Crippen LogP contribution >= 0.6 is 0 Å². The molecule has 21 heavy (non-hydrogen) atoms. The average Bonchev–Trinajstić information content (AvgIpc) is 2.41. The molecule has 0 aliphatic carbocycles. The first kappa shape index (κ1) is 17.5. The summed E-state index contributed by atoms with van der Waals surface area (Å²) in [4.78, 5) is 11.9. The second-order valence-corrected chi connectivity index (χ2v) is 5.40. The van der Waals surface area contributed by atoms with Crippen LogP contribution in [0.2, 0.25) is 0 Å². The highest BCUT2D eigenvalue weighted by Gasteiger charge is 2.45. The molecule has 0 saturated carbocycles. The van der Waals surface area contributed by atoms with Crippen molar-refractivity contribution in [1.29, 1.82) is 0 Å². The third-order valence-electron chi connectivity index (χ3n) is 3.06. The summed E-state index contributed by atoms with van der Waals surface area (Å²) < 4.78 is 43.2. The van der Waals surface area contributed by atoms with Gasteiger partial charge in [-0.2, -0.15) is 13.2 Å². The molecular formula is C15H20F3NO2. The first-order chi connectivity index (χ1) is 9.71. The molecule has 0 aromatic heterocycles. The van der Waals surface area contributed by atoms with Crippen molar-refractivity contribution in [2.75, 3.05) is 0 Å². The standard InChI is InChI=1S/C15H20F3NO2/c1-10(2)8-12(13(19)15(16,17)18)14(20)21-9-11-6-4-3-5-7-11/h3-7,10,12-13H,8-9,19H2,1-2H3/t12-,13-/m0/s1. The van der Waals surface area contributed by atoms with E-state index in [0.29, 0.717) is 0 Å². The molecule has 2 N–H and O–H groups in total. The zero-order chi connectivity index (χ0) is 16.0. The summed E-state index contributed by atoms with van der Waals surface area (Å²) in [7, 11) is 0. The molecule has 0 unspecified atom stereocenters. The molecule has 0 saturated heterocycles. The molecule has 1 rings (SSSR count). The molecule has 0 spiro atoms. The Bertz CT molecular complexity index is 446. The molecule has 0 amide bonds. The number of carbonyl (C=O) groups excluding carboxylic acids is 1. The zero-order valence-electron chi connectivity index (χ0n) is 12.1. The van der Waals surface area contributed by atoms with Gasteiger partial charge in [0.15, 0.2) is 0 Å². The summed E-state index contributed by atoms with van der Waals surface area (Å²) in [6.07, 6.45) is -4.58. The van der Waals surface area contributed by atoms with Crippen molar-refractivity contribution in [3.05, 3.63) is 35.9 Å². The maximum absolute atomic E-state index is 12.7. The first-order valence-corrected chi connectivity index (χ1v) is 6.74. The minimum Gasteiger partial charge on any atom is -0.461 e. The third kappa shape index (κ3) is 5.75. The van der Waals surface area contributed by atoms with Gasteiger partial charge in [-0.3, -0.25) is 4.79 Å². The van der Waals surface area contributed by atoms with Crippen molar-refractivity contribution in [3.8, 4) is 0 Å². The van der Waals surface area contributed by atoms with Crippen LogP contribution in [0.25, 0.3) is 0 Å². The van der Waals surface area contributed by atoms with E-state index >= 15 is 0 Å². The number of halogens is 3. The Morgan fingerprint density at radius 1 is 1.24 bits per heavy atom. The number of alkyl halides is 3. The van der Waals surface area contributed by atoms with Crippen LogP contribution in [0.15, 0.2) is 30.3 Å². The lowest BCUT2D eigenvalue weighted by atomic mass is 9.90. The van der Waals surface area contributed by atoms with Crippen LogP contribution < -0.4 is 5.73 Å². The second-order valence-electron chi connectivity index (χ2n) is 5.40. The number of carbonyl (C=O) groups is 1. The maximum atomic E-state index is 12.7. The monoisotopic (exact) mass is 303 g/mol. The summed E-state index contributed by atoms with van der Waals surface area (Å²) in [5.74, 6) is -2.38. The van der Waals surface area contributed by atoms with Gasteiger partial charge in [-0.25, -0.2) is 0 Å². The highest BCUT2D eigenvalue weighted by atomic mass is 19.4. The molecule has 0 aliphatic rings. The molecule has 118 valence electrons. The zero-order valence-corrected chi connectivity index (χ0v) is 12.1. The van der Waals surface area contributed by atoms with Crippen molar-refractivity contribution < 1.29 is 22.7 Å². The Balaban J connectivity index is 2.71. The van der Waals surface area contributed by atoms with Crippen LogP contribution in [0.1, 0.15) is 25.8 Å². The molecule has 1 aromatic rings. The van der Waals surface area contributed by atoms with Gasteiger partial charge in [-0.05, 0) is 17.9 Å². The summed E-state index contributed by atoms with van der Waals surface area (Å²) in [6, 6.07) is 6.57. The van der Waals surface area contributed by atoms with Crippen LogP contribution in [0.3, 0.4) is 0 Å². The highest BCUT2D eigenvalue weighted by molar-refractivity contribution is 5.73. The molecule has 0 heterocycles. The molecule has 0 radical (unpaired) electrons. The van der Waals surface area contributed by atoms with Crippen molar-refractivity contribution in [1.82, 2.24) is 0 Å². The van der Waals surface area contributed by atoms with Gasteiger partial charge in [0.2, 0.25) is 0 Å². The third-order valence-corrected chi connectivity index (χ3v) is 3.06. The molecule has 0 aliphatic heterocycles. The lowest BCUT2D eigenvalue weighted by molar-refractivity contribution is -0.178.